The summed E-state index contributed by atoms with van der Waals surface area (Å²) in [6.45, 7) is 0. The highest BCUT2D eigenvalue weighted by Gasteiger charge is 1.97. The molecule has 0 bridgehead atoms. The summed E-state index contributed by atoms with van der Waals surface area (Å²) < 4.78 is 0.425. The van der Waals surface area contributed by atoms with E-state index in [4.69, 9.17) is 35.4 Å². The van der Waals surface area contributed by atoms with Crippen molar-refractivity contribution in [3.63, 3.8) is 0 Å². The molecule has 1 aromatic heterocycles. The van der Waals surface area contributed by atoms with E-state index in [1.807, 2.05) is 12.1 Å². The largest absolute Gasteiger partial charge is 0.282 e. The molecular formula is C10H7Cl2N3S. The predicted molar refractivity (Wildman–Crippen MR) is 69.2 cm³/mol. The summed E-state index contributed by atoms with van der Waals surface area (Å²) in [5.41, 5.74) is 0.941. The van der Waals surface area contributed by atoms with Crippen molar-refractivity contribution in [3.05, 3.63) is 44.4 Å². The van der Waals surface area contributed by atoms with Crippen molar-refractivity contribution < 1.29 is 0 Å². The van der Waals surface area contributed by atoms with Crippen LogP contribution in [0.4, 0.5) is 0 Å². The van der Waals surface area contributed by atoms with Crippen molar-refractivity contribution >= 4 is 47.6 Å². The van der Waals surface area contributed by atoms with Gasteiger partial charge in [0.15, 0.2) is 0 Å². The number of nitrogens with zero attached hydrogens (tertiary/aromatic N) is 1. The lowest BCUT2D eigenvalue weighted by Crippen LogP contribution is -1.76. The Kier molecular flexibility index (Phi) is 3.43. The van der Waals surface area contributed by atoms with Crippen LogP contribution in [-0.4, -0.2) is 15.2 Å². The Morgan fingerprint density at radius 1 is 1.12 bits per heavy atom. The van der Waals surface area contributed by atoms with E-state index < -0.39 is 0 Å². The Balaban J connectivity index is 2.23. The fraction of sp³-hybridized carbons (Fsp3) is 0. The molecule has 0 radical (unpaired) electrons. The highest BCUT2D eigenvalue weighted by Crippen LogP contribution is 2.23. The number of hydrogen-bond acceptors (Lipinski definition) is 2. The van der Waals surface area contributed by atoms with Gasteiger partial charge in [-0.15, -0.1) is 0 Å². The van der Waals surface area contributed by atoms with Gasteiger partial charge in [-0.1, -0.05) is 35.3 Å². The number of halogens is 2. The van der Waals surface area contributed by atoms with Crippen molar-refractivity contribution in [2.24, 2.45) is 0 Å². The third-order valence-corrected chi connectivity index (χ3v) is 2.83. The number of H-pyrrole nitrogens is 2. The summed E-state index contributed by atoms with van der Waals surface area (Å²) in [5.74, 6) is 0.663. The molecule has 2 aromatic rings. The average molecular weight is 272 g/mol. The third-order valence-electron chi connectivity index (χ3n) is 1.90. The van der Waals surface area contributed by atoms with Crippen LogP contribution in [0.1, 0.15) is 11.4 Å². The van der Waals surface area contributed by atoms with Crippen molar-refractivity contribution in [3.8, 4) is 0 Å². The summed E-state index contributed by atoms with van der Waals surface area (Å²) in [7, 11) is 0. The third kappa shape index (κ3) is 2.72. The molecule has 0 atom stereocenters. The molecule has 3 nitrogen and oxygen atoms in total. The molecular weight excluding hydrogens is 265 g/mol. The Morgan fingerprint density at radius 2 is 1.94 bits per heavy atom. The Morgan fingerprint density at radius 3 is 2.56 bits per heavy atom. The molecule has 0 saturated heterocycles. The molecule has 0 aliphatic rings. The molecule has 6 heteroatoms. The van der Waals surface area contributed by atoms with Gasteiger partial charge in [-0.2, -0.15) is 0 Å². The second-order valence-electron chi connectivity index (χ2n) is 3.06. The van der Waals surface area contributed by atoms with Crippen LogP contribution in [0.25, 0.3) is 12.2 Å². The minimum Gasteiger partial charge on any atom is -0.282 e. The van der Waals surface area contributed by atoms with E-state index in [9.17, 15) is 0 Å². The summed E-state index contributed by atoms with van der Waals surface area (Å²) in [6.07, 6.45) is 3.66. The normalized spacial score (nSPS) is 11.1. The topological polar surface area (TPSA) is 44.5 Å². The molecule has 1 aromatic carbocycles. The molecule has 0 fully saturated rings. The zero-order valence-corrected chi connectivity index (χ0v) is 10.3. The maximum atomic E-state index is 5.89. The highest BCUT2D eigenvalue weighted by atomic mass is 35.5. The fourth-order valence-corrected chi connectivity index (χ4v) is 1.61. The molecule has 16 heavy (non-hydrogen) atoms. The lowest BCUT2D eigenvalue weighted by molar-refractivity contribution is 1.07. The Labute approximate surface area is 107 Å². The molecule has 0 aliphatic heterocycles. The molecule has 0 aliphatic carbocycles. The van der Waals surface area contributed by atoms with Crippen LogP contribution in [0.2, 0.25) is 10.0 Å². The first-order chi connectivity index (χ1) is 7.65. The number of benzene rings is 1. The van der Waals surface area contributed by atoms with Gasteiger partial charge in [0.2, 0.25) is 4.77 Å². The first kappa shape index (κ1) is 11.4. The first-order valence-electron chi connectivity index (χ1n) is 4.43. The van der Waals surface area contributed by atoms with Gasteiger partial charge in [0.1, 0.15) is 5.82 Å². The standard InChI is InChI=1S/C10H7Cl2N3S/c11-7-3-1-6(5-8(7)12)2-4-9-13-10(16)15-14-9/h1-5H,(H2,13,14,15,16)/b4-2+. The average Bonchev–Trinajstić information content (AvgIpc) is 2.66. The van der Waals surface area contributed by atoms with E-state index in [0.29, 0.717) is 20.6 Å². The van der Waals surface area contributed by atoms with E-state index in [1.165, 1.54) is 0 Å². The van der Waals surface area contributed by atoms with E-state index in [2.05, 4.69) is 15.2 Å². The van der Waals surface area contributed by atoms with Crippen LogP contribution in [0.15, 0.2) is 18.2 Å². The minimum absolute atomic E-state index is 0.425. The molecule has 0 saturated carbocycles. The minimum atomic E-state index is 0.425. The van der Waals surface area contributed by atoms with Gasteiger partial charge in [0, 0.05) is 0 Å². The highest BCUT2D eigenvalue weighted by molar-refractivity contribution is 7.71. The van der Waals surface area contributed by atoms with Gasteiger partial charge in [-0.3, -0.25) is 10.2 Å². The lowest BCUT2D eigenvalue weighted by Gasteiger charge is -1.96. The molecule has 0 amide bonds. The van der Waals surface area contributed by atoms with Gasteiger partial charge in [0.25, 0.3) is 0 Å². The maximum absolute atomic E-state index is 5.89. The zero-order valence-electron chi connectivity index (χ0n) is 8.00. The number of aromatic amines is 2. The lowest BCUT2D eigenvalue weighted by atomic mass is 10.2. The first-order valence-corrected chi connectivity index (χ1v) is 5.59. The van der Waals surface area contributed by atoms with E-state index >= 15 is 0 Å². The Hall–Kier alpha value is -1.10. The monoisotopic (exact) mass is 271 g/mol. The quantitative estimate of drug-likeness (QED) is 0.813. The fourth-order valence-electron chi connectivity index (χ4n) is 1.15. The Bertz CT molecular complexity index is 586. The molecule has 1 heterocycles. The van der Waals surface area contributed by atoms with Gasteiger partial charge >= 0.3 is 0 Å². The van der Waals surface area contributed by atoms with Crippen molar-refractivity contribution in [1.82, 2.24) is 15.2 Å². The van der Waals surface area contributed by atoms with E-state index in [0.717, 1.165) is 5.56 Å². The maximum Gasteiger partial charge on any atom is 0.213 e. The second kappa shape index (κ2) is 4.82. The van der Waals surface area contributed by atoms with Crippen molar-refractivity contribution in [2.75, 3.05) is 0 Å². The summed E-state index contributed by atoms with van der Waals surface area (Å²) >= 11 is 16.5. The van der Waals surface area contributed by atoms with Gasteiger partial charge in [-0.25, -0.2) is 4.98 Å². The summed E-state index contributed by atoms with van der Waals surface area (Å²) in [5, 5.41) is 6.59. The van der Waals surface area contributed by atoms with E-state index in [1.54, 1.807) is 18.2 Å². The molecule has 2 rings (SSSR count). The zero-order chi connectivity index (χ0) is 11.5. The number of aromatic nitrogens is 3. The van der Waals surface area contributed by atoms with Crippen LogP contribution >= 0.6 is 35.4 Å². The van der Waals surface area contributed by atoms with Crippen molar-refractivity contribution in [2.45, 2.75) is 0 Å². The second-order valence-corrected chi connectivity index (χ2v) is 4.26. The molecule has 0 spiro atoms. The molecule has 82 valence electrons. The van der Waals surface area contributed by atoms with Crippen LogP contribution in [-0.2, 0) is 0 Å². The SMILES string of the molecule is S=c1nc(/C=C/c2ccc(Cl)c(Cl)c2)[nH][nH]1. The number of hydrogen-bond donors (Lipinski definition) is 2. The predicted octanol–water partition coefficient (Wildman–Crippen LogP) is 3.94. The summed E-state index contributed by atoms with van der Waals surface area (Å²) in [4.78, 5) is 4.02. The van der Waals surface area contributed by atoms with Crippen LogP contribution in [0, 0.1) is 4.77 Å². The van der Waals surface area contributed by atoms with Crippen molar-refractivity contribution in [1.29, 1.82) is 0 Å². The smallest absolute Gasteiger partial charge is 0.213 e. The van der Waals surface area contributed by atoms with Crippen LogP contribution in [0.3, 0.4) is 0 Å². The van der Waals surface area contributed by atoms with Gasteiger partial charge in [0.05, 0.1) is 10.0 Å². The number of nitrogens with one attached hydrogen (secondary N) is 2. The molecule has 0 unspecified atom stereocenters. The van der Waals surface area contributed by atoms with Gasteiger partial charge in [-0.05, 0) is 36.0 Å². The van der Waals surface area contributed by atoms with E-state index in [-0.39, 0.29) is 0 Å². The van der Waals surface area contributed by atoms with Crippen LogP contribution < -0.4 is 0 Å². The van der Waals surface area contributed by atoms with Gasteiger partial charge < -0.3 is 0 Å². The van der Waals surface area contributed by atoms with Crippen LogP contribution in [0.5, 0.6) is 0 Å². The number of rotatable bonds is 2. The summed E-state index contributed by atoms with van der Waals surface area (Å²) in [6, 6.07) is 5.39. The molecule has 2 N–H and O–H groups in total.